The number of carbonyl (C=O) groups excluding carboxylic acids is 2. The lowest BCUT2D eigenvalue weighted by atomic mass is 10.1. The number of amides is 1. The number of ether oxygens (including phenoxy) is 1. The van der Waals surface area contributed by atoms with Crippen molar-refractivity contribution in [3.63, 3.8) is 0 Å². The molecular formula is C14H12N2O4. The molecule has 0 bridgehead atoms. The summed E-state index contributed by atoms with van der Waals surface area (Å²) >= 11 is 0. The van der Waals surface area contributed by atoms with E-state index in [9.17, 15) is 9.59 Å². The van der Waals surface area contributed by atoms with Gasteiger partial charge in [-0.2, -0.15) is 5.10 Å². The summed E-state index contributed by atoms with van der Waals surface area (Å²) in [5.74, 6) is -0.783. The van der Waals surface area contributed by atoms with Crippen LogP contribution < -0.4 is 5.43 Å². The lowest BCUT2D eigenvalue weighted by Gasteiger charge is -2.02. The van der Waals surface area contributed by atoms with Gasteiger partial charge in [0.15, 0.2) is 5.76 Å². The second-order valence-electron chi connectivity index (χ2n) is 3.76. The fraction of sp³-hybridized carbons (Fsp3) is 0.0714. The molecule has 0 aliphatic heterocycles. The highest BCUT2D eigenvalue weighted by Gasteiger charge is 2.10. The van der Waals surface area contributed by atoms with Crippen LogP contribution in [0.4, 0.5) is 0 Å². The molecule has 0 aliphatic rings. The molecule has 1 heterocycles. The lowest BCUT2D eigenvalue weighted by molar-refractivity contribution is 0.0600. The molecule has 0 saturated heterocycles. The Kier molecular flexibility index (Phi) is 4.28. The summed E-state index contributed by atoms with van der Waals surface area (Å²) in [6, 6.07) is 9.89. The number of nitrogens with zero attached hydrogens (tertiary/aromatic N) is 1. The largest absolute Gasteiger partial charge is 0.465 e. The number of rotatable bonds is 4. The Morgan fingerprint density at radius 3 is 2.75 bits per heavy atom. The topological polar surface area (TPSA) is 80.9 Å². The Balaban J connectivity index is 2.08. The van der Waals surface area contributed by atoms with Crippen LogP contribution in [0, 0.1) is 0 Å². The molecule has 0 radical (unpaired) electrons. The second kappa shape index (κ2) is 6.33. The van der Waals surface area contributed by atoms with Gasteiger partial charge < -0.3 is 9.15 Å². The quantitative estimate of drug-likeness (QED) is 0.523. The van der Waals surface area contributed by atoms with Gasteiger partial charge in [0.25, 0.3) is 0 Å². The first kappa shape index (κ1) is 13.5. The Hall–Kier alpha value is -2.89. The Bertz CT molecular complexity index is 632. The summed E-state index contributed by atoms with van der Waals surface area (Å²) < 4.78 is 9.58. The number of nitrogens with one attached hydrogen (secondary N) is 1. The van der Waals surface area contributed by atoms with Crippen LogP contribution in [0.25, 0.3) is 0 Å². The van der Waals surface area contributed by atoms with Gasteiger partial charge in [-0.15, -0.1) is 0 Å². The van der Waals surface area contributed by atoms with Crippen LogP contribution >= 0.6 is 0 Å². The fourth-order valence-electron chi connectivity index (χ4n) is 1.53. The van der Waals surface area contributed by atoms with Gasteiger partial charge in [-0.25, -0.2) is 10.2 Å². The summed E-state index contributed by atoms with van der Waals surface area (Å²) in [5, 5.41) is 3.78. The number of furan rings is 1. The molecule has 0 spiro atoms. The van der Waals surface area contributed by atoms with Gasteiger partial charge in [0.05, 0.1) is 25.2 Å². The van der Waals surface area contributed by atoms with Crippen LogP contribution in [0.3, 0.4) is 0 Å². The van der Waals surface area contributed by atoms with E-state index in [0.717, 1.165) is 0 Å². The predicted molar refractivity (Wildman–Crippen MR) is 71.5 cm³/mol. The molecule has 1 aromatic carbocycles. The molecule has 0 aliphatic carbocycles. The van der Waals surface area contributed by atoms with E-state index in [0.29, 0.717) is 11.1 Å². The summed E-state index contributed by atoms with van der Waals surface area (Å²) in [5.41, 5.74) is 3.21. The molecule has 102 valence electrons. The molecule has 1 N–H and O–H groups in total. The van der Waals surface area contributed by atoms with Gasteiger partial charge in [-0.3, -0.25) is 4.79 Å². The van der Waals surface area contributed by atoms with Gasteiger partial charge in [0.1, 0.15) is 0 Å². The summed E-state index contributed by atoms with van der Waals surface area (Å²) in [4.78, 5) is 23.1. The van der Waals surface area contributed by atoms with Crippen LogP contribution in [0.5, 0.6) is 0 Å². The van der Waals surface area contributed by atoms with E-state index in [4.69, 9.17) is 4.42 Å². The van der Waals surface area contributed by atoms with Crippen molar-refractivity contribution >= 4 is 18.1 Å². The number of benzene rings is 1. The van der Waals surface area contributed by atoms with Crippen LogP contribution in [0.1, 0.15) is 26.5 Å². The smallest absolute Gasteiger partial charge is 0.338 e. The van der Waals surface area contributed by atoms with E-state index in [1.165, 1.54) is 25.7 Å². The molecule has 2 rings (SSSR count). The first-order valence-corrected chi connectivity index (χ1v) is 5.76. The van der Waals surface area contributed by atoms with Crippen LogP contribution in [-0.4, -0.2) is 25.2 Å². The molecule has 0 unspecified atom stereocenters. The first-order valence-electron chi connectivity index (χ1n) is 5.76. The third kappa shape index (κ3) is 3.11. The van der Waals surface area contributed by atoms with Crippen molar-refractivity contribution in [2.45, 2.75) is 0 Å². The highest BCUT2D eigenvalue weighted by atomic mass is 16.5. The SMILES string of the molecule is COC(=O)c1ccccc1/C=N\NC(=O)c1ccco1. The van der Waals surface area contributed by atoms with E-state index in [1.807, 2.05) is 0 Å². The van der Waals surface area contributed by atoms with Crippen molar-refractivity contribution in [2.24, 2.45) is 5.10 Å². The standard InChI is InChI=1S/C14H12N2O4/c1-19-14(18)11-6-3-2-5-10(11)9-15-16-13(17)12-7-4-8-20-12/h2-9H,1H3,(H,16,17)/b15-9-. The van der Waals surface area contributed by atoms with Crippen LogP contribution in [0.2, 0.25) is 0 Å². The maximum atomic E-state index is 11.6. The normalized spacial score (nSPS) is 10.4. The van der Waals surface area contributed by atoms with Crippen molar-refractivity contribution in [2.75, 3.05) is 7.11 Å². The number of carbonyl (C=O) groups is 2. The number of methoxy groups -OCH3 is 1. The molecular weight excluding hydrogens is 260 g/mol. The Morgan fingerprint density at radius 2 is 2.05 bits per heavy atom. The third-order valence-electron chi connectivity index (χ3n) is 2.48. The zero-order chi connectivity index (χ0) is 14.4. The fourth-order valence-corrected chi connectivity index (χ4v) is 1.53. The van der Waals surface area contributed by atoms with Crippen molar-refractivity contribution < 1.29 is 18.7 Å². The number of esters is 1. The van der Waals surface area contributed by atoms with Gasteiger partial charge in [0.2, 0.25) is 0 Å². The molecule has 0 fully saturated rings. The Labute approximate surface area is 115 Å². The maximum Gasteiger partial charge on any atom is 0.338 e. The van der Waals surface area contributed by atoms with Gasteiger partial charge in [-0.05, 0) is 18.2 Å². The Morgan fingerprint density at radius 1 is 1.25 bits per heavy atom. The van der Waals surface area contributed by atoms with Gasteiger partial charge in [-0.1, -0.05) is 18.2 Å². The molecule has 6 heteroatoms. The molecule has 1 amide bonds. The summed E-state index contributed by atoms with van der Waals surface area (Å²) in [6.45, 7) is 0. The molecule has 0 atom stereocenters. The van der Waals surface area contributed by atoms with Crippen molar-refractivity contribution in [1.29, 1.82) is 0 Å². The van der Waals surface area contributed by atoms with Gasteiger partial charge in [0, 0.05) is 5.56 Å². The molecule has 0 saturated carbocycles. The van der Waals surface area contributed by atoms with Crippen LogP contribution in [0.15, 0.2) is 52.2 Å². The average Bonchev–Trinajstić information content (AvgIpc) is 3.01. The molecule has 1 aromatic heterocycles. The minimum atomic E-state index is -0.471. The predicted octanol–water partition coefficient (Wildman–Crippen LogP) is 1.83. The average molecular weight is 272 g/mol. The maximum absolute atomic E-state index is 11.6. The lowest BCUT2D eigenvalue weighted by Crippen LogP contribution is -2.17. The zero-order valence-corrected chi connectivity index (χ0v) is 10.7. The minimum absolute atomic E-state index is 0.156. The third-order valence-corrected chi connectivity index (χ3v) is 2.48. The molecule has 2 aromatic rings. The van der Waals surface area contributed by atoms with E-state index in [2.05, 4.69) is 15.3 Å². The van der Waals surface area contributed by atoms with Crippen LogP contribution in [-0.2, 0) is 4.74 Å². The molecule has 6 nitrogen and oxygen atoms in total. The summed E-state index contributed by atoms with van der Waals surface area (Å²) in [6.07, 6.45) is 2.76. The summed E-state index contributed by atoms with van der Waals surface area (Å²) in [7, 11) is 1.30. The highest BCUT2D eigenvalue weighted by molar-refractivity contribution is 5.99. The van der Waals surface area contributed by atoms with E-state index < -0.39 is 11.9 Å². The zero-order valence-electron chi connectivity index (χ0n) is 10.7. The monoisotopic (exact) mass is 272 g/mol. The van der Waals surface area contributed by atoms with Crippen molar-refractivity contribution in [1.82, 2.24) is 5.43 Å². The van der Waals surface area contributed by atoms with E-state index >= 15 is 0 Å². The highest BCUT2D eigenvalue weighted by Crippen LogP contribution is 2.07. The molecule has 20 heavy (non-hydrogen) atoms. The number of hydrazone groups is 1. The minimum Gasteiger partial charge on any atom is -0.465 e. The second-order valence-corrected chi connectivity index (χ2v) is 3.76. The van der Waals surface area contributed by atoms with E-state index in [-0.39, 0.29) is 5.76 Å². The van der Waals surface area contributed by atoms with Gasteiger partial charge >= 0.3 is 11.9 Å². The number of hydrogen-bond donors (Lipinski definition) is 1. The van der Waals surface area contributed by atoms with E-state index in [1.54, 1.807) is 30.3 Å². The van der Waals surface area contributed by atoms with Crippen molar-refractivity contribution in [3.05, 3.63) is 59.5 Å². The first-order chi connectivity index (χ1) is 9.72. The number of hydrogen-bond acceptors (Lipinski definition) is 5. The van der Waals surface area contributed by atoms with Crippen molar-refractivity contribution in [3.8, 4) is 0 Å².